The summed E-state index contributed by atoms with van der Waals surface area (Å²) in [6.07, 6.45) is 1.04. The van der Waals surface area contributed by atoms with Crippen molar-refractivity contribution in [3.63, 3.8) is 0 Å². The van der Waals surface area contributed by atoms with E-state index in [4.69, 9.17) is 23.3 Å². The second-order valence-corrected chi connectivity index (χ2v) is 4.87. The Morgan fingerprint density at radius 1 is 1.27 bits per heavy atom. The number of fused-ring (bicyclic) bond motifs is 1. The topological polar surface area (TPSA) is 88.7 Å². The highest BCUT2D eigenvalue weighted by molar-refractivity contribution is 6.34. The summed E-state index contributed by atoms with van der Waals surface area (Å²) < 4.78 is 1.91. The molecule has 1 aromatic heterocycles. The fourth-order valence-electron chi connectivity index (χ4n) is 2.10. The van der Waals surface area contributed by atoms with Gasteiger partial charge >= 0.3 is 0 Å². The Labute approximate surface area is 138 Å². The molecule has 1 aliphatic rings. The molecule has 8 heteroatoms. The van der Waals surface area contributed by atoms with Gasteiger partial charge in [-0.25, -0.2) is 5.84 Å². The summed E-state index contributed by atoms with van der Waals surface area (Å²) in [5.74, 6) is 11.4. The number of amidine groups is 1. The third-order valence-electron chi connectivity index (χ3n) is 2.99. The molecular weight excluding hydrogens is 302 g/mol. The highest BCUT2D eigenvalue weighted by Gasteiger charge is 2.24. The minimum atomic E-state index is 0.378. The van der Waals surface area contributed by atoms with E-state index in [1.807, 2.05) is 32.4 Å². The molecule has 1 aliphatic heterocycles. The molecule has 0 atom stereocenters. The Kier molecular flexibility index (Phi) is 9.80. The number of aromatic nitrogens is 2. The predicted octanol–water partition coefficient (Wildman–Crippen LogP) is 1.85. The Morgan fingerprint density at radius 2 is 1.86 bits per heavy atom. The van der Waals surface area contributed by atoms with Crippen LogP contribution in [-0.4, -0.2) is 46.2 Å². The molecule has 2 heterocycles. The fraction of sp³-hybridized carbons (Fsp3) is 0.714. The van der Waals surface area contributed by atoms with E-state index >= 15 is 0 Å². The first-order valence-corrected chi connectivity index (χ1v) is 8.12. The van der Waals surface area contributed by atoms with Crippen molar-refractivity contribution in [2.45, 2.75) is 47.2 Å². The van der Waals surface area contributed by atoms with Gasteiger partial charge < -0.3 is 10.7 Å². The maximum absolute atomic E-state index is 6.37. The zero-order valence-electron chi connectivity index (χ0n) is 14.6. The molecule has 0 unspecified atom stereocenters. The van der Waals surface area contributed by atoms with Crippen LogP contribution in [0.25, 0.3) is 0 Å². The standard InChI is InChI=1S/C10H18ClN7.2C2H6/c1-16-4-3-5-18-7(6-16)8(11)9(15-18)10(14-12)17(2)13;2*1-2/h3-6,12-13H2,1-2H3;2*1-2H3/b14-10-;;. The van der Waals surface area contributed by atoms with E-state index in [2.05, 4.69) is 22.1 Å². The van der Waals surface area contributed by atoms with Crippen molar-refractivity contribution in [1.82, 2.24) is 19.7 Å². The summed E-state index contributed by atoms with van der Waals surface area (Å²) in [5, 5.41) is 10.0. The van der Waals surface area contributed by atoms with Crippen LogP contribution in [0.4, 0.5) is 0 Å². The molecule has 0 amide bonds. The molecule has 22 heavy (non-hydrogen) atoms. The van der Waals surface area contributed by atoms with Gasteiger partial charge in [-0.3, -0.25) is 9.69 Å². The number of hydrogen-bond acceptors (Lipinski definition) is 5. The lowest BCUT2D eigenvalue weighted by Crippen LogP contribution is -2.35. The SMILES string of the molecule is CC.CC.CN1CCCn2nc(/C(=N/N)N(C)N)c(Cl)c2C1. The van der Waals surface area contributed by atoms with Crippen LogP contribution in [0, 0.1) is 0 Å². The number of hydrazone groups is 1. The lowest BCUT2D eigenvalue weighted by atomic mass is 10.3. The van der Waals surface area contributed by atoms with Crippen molar-refractivity contribution in [2.75, 3.05) is 20.6 Å². The van der Waals surface area contributed by atoms with E-state index in [0.29, 0.717) is 16.6 Å². The quantitative estimate of drug-likeness (QED) is 0.355. The first kappa shape index (κ1) is 20.7. The third-order valence-corrected chi connectivity index (χ3v) is 3.39. The van der Waals surface area contributed by atoms with Gasteiger partial charge in [-0.1, -0.05) is 39.3 Å². The molecule has 1 aromatic rings. The largest absolute Gasteiger partial charge is 0.321 e. The molecule has 0 aromatic carbocycles. The highest BCUT2D eigenvalue weighted by atomic mass is 35.5. The number of hydrogen-bond donors (Lipinski definition) is 2. The van der Waals surface area contributed by atoms with E-state index in [1.165, 1.54) is 5.01 Å². The van der Waals surface area contributed by atoms with Gasteiger partial charge in [0.25, 0.3) is 0 Å². The average Bonchev–Trinajstić information content (AvgIpc) is 2.71. The van der Waals surface area contributed by atoms with Crippen molar-refractivity contribution in [2.24, 2.45) is 16.8 Å². The first-order valence-electron chi connectivity index (χ1n) is 7.75. The Hall–Kier alpha value is -1.31. The van der Waals surface area contributed by atoms with Gasteiger partial charge in [-0.2, -0.15) is 10.2 Å². The van der Waals surface area contributed by atoms with E-state index in [1.54, 1.807) is 7.05 Å². The highest BCUT2D eigenvalue weighted by Crippen LogP contribution is 2.25. The van der Waals surface area contributed by atoms with Crippen molar-refractivity contribution in [1.29, 1.82) is 0 Å². The van der Waals surface area contributed by atoms with Gasteiger partial charge in [0.1, 0.15) is 5.69 Å². The normalized spacial score (nSPS) is 14.8. The van der Waals surface area contributed by atoms with Crippen molar-refractivity contribution in [3.05, 3.63) is 16.4 Å². The van der Waals surface area contributed by atoms with E-state index in [-0.39, 0.29) is 0 Å². The number of aryl methyl sites for hydroxylation is 1. The number of halogens is 1. The zero-order valence-corrected chi connectivity index (χ0v) is 15.4. The van der Waals surface area contributed by atoms with Gasteiger partial charge in [0, 0.05) is 26.7 Å². The van der Waals surface area contributed by atoms with Crippen LogP contribution in [0.2, 0.25) is 5.02 Å². The lowest BCUT2D eigenvalue weighted by molar-refractivity contribution is 0.332. The molecule has 7 nitrogen and oxygen atoms in total. The minimum absolute atomic E-state index is 0.378. The van der Waals surface area contributed by atoms with Crippen LogP contribution >= 0.6 is 11.6 Å². The van der Waals surface area contributed by atoms with Gasteiger partial charge in [-0.05, 0) is 13.5 Å². The van der Waals surface area contributed by atoms with Crippen molar-refractivity contribution < 1.29 is 0 Å². The second-order valence-electron chi connectivity index (χ2n) is 4.49. The average molecular weight is 332 g/mol. The molecule has 2 rings (SSSR count). The molecular formula is C14H30ClN7. The van der Waals surface area contributed by atoms with Crippen LogP contribution in [0.1, 0.15) is 45.5 Å². The summed E-state index contributed by atoms with van der Waals surface area (Å²) in [4.78, 5) is 2.21. The van der Waals surface area contributed by atoms with Crippen LogP contribution < -0.4 is 11.7 Å². The smallest absolute Gasteiger partial charge is 0.191 e. The number of hydrazine groups is 1. The maximum atomic E-state index is 6.37. The van der Waals surface area contributed by atoms with Gasteiger partial charge in [0.15, 0.2) is 5.84 Å². The van der Waals surface area contributed by atoms with E-state index in [0.717, 1.165) is 31.7 Å². The molecule has 128 valence electrons. The van der Waals surface area contributed by atoms with Crippen molar-refractivity contribution in [3.8, 4) is 0 Å². The minimum Gasteiger partial charge on any atom is -0.321 e. The van der Waals surface area contributed by atoms with Crippen LogP contribution in [-0.2, 0) is 13.1 Å². The summed E-state index contributed by atoms with van der Waals surface area (Å²) in [6.45, 7) is 10.6. The summed E-state index contributed by atoms with van der Waals surface area (Å²) in [5.41, 5.74) is 1.52. The Morgan fingerprint density at radius 3 is 2.36 bits per heavy atom. The Bertz CT molecular complexity index is 468. The third kappa shape index (κ3) is 4.86. The predicted molar refractivity (Wildman–Crippen MR) is 93.6 cm³/mol. The van der Waals surface area contributed by atoms with Crippen LogP contribution in [0.5, 0.6) is 0 Å². The molecule has 0 aliphatic carbocycles. The molecule has 0 radical (unpaired) electrons. The Balaban J connectivity index is 0.00000102. The fourth-order valence-corrected chi connectivity index (χ4v) is 2.38. The van der Waals surface area contributed by atoms with Crippen LogP contribution in [0.15, 0.2) is 5.10 Å². The van der Waals surface area contributed by atoms with E-state index in [9.17, 15) is 0 Å². The van der Waals surface area contributed by atoms with Gasteiger partial charge in [0.05, 0.1) is 10.7 Å². The molecule has 0 saturated carbocycles. The van der Waals surface area contributed by atoms with Gasteiger partial charge in [-0.15, -0.1) is 0 Å². The molecule has 0 spiro atoms. The number of nitrogens with zero attached hydrogens (tertiary/aromatic N) is 5. The number of rotatable bonds is 1. The number of nitrogens with two attached hydrogens (primary N) is 2. The van der Waals surface area contributed by atoms with E-state index < -0.39 is 0 Å². The first-order chi connectivity index (χ1) is 10.5. The molecule has 0 bridgehead atoms. The molecule has 0 fully saturated rings. The monoisotopic (exact) mass is 331 g/mol. The second kappa shape index (κ2) is 10.4. The summed E-state index contributed by atoms with van der Waals surface area (Å²) in [6, 6.07) is 0. The summed E-state index contributed by atoms with van der Waals surface area (Å²) in [7, 11) is 3.71. The van der Waals surface area contributed by atoms with Crippen LogP contribution in [0.3, 0.4) is 0 Å². The molecule has 4 N–H and O–H groups in total. The zero-order chi connectivity index (χ0) is 17.3. The summed E-state index contributed by atoms with van der Waals surface area (Å²) >= 11 is 6.37. The van der Waals surface area contributed by atoms with Gasteiger partial charge in [0.2, 0.25) is 0 Å². The molecule has 0 saturated heterocycles. The van der Waals surface area contributed by atoms with Crippen molar-refractivity contribution >= 4 is 17.4 Å². The lowest BCUT2D eigenvalue weighted by Gasteiger charge is -2.13. The maximum Gasteiger partial charge on any atom is 0.191 e.